The van der Waals surface area contributed by atoms with E-state index in [0.717, 1.165) is 25.6 Å². The summed E-state index contributed by atoms with van der Waals surface area (Å²) in [5.74, 6) is 0.752. The van der Waals surface area contributed by atoms with Crippen LogP contribution in [0.5, 0.6) is 0 Å². The van der Waals surface area contributed by atoms with Crippen LogP contribution in [0, 0.1) is 5.92 Å². The number of nitrogens with one attached hydrogen (secondary N) is 1. The van der Waals surface area contributed by atoms with Gasteiger partial charge in [-0.05, 0) is 51.2 Å². The molecule has 0 aromatic heterocycles. The zero-order valence-corrected chi connectivity index (χ0v) is 14.6. The van der Waals surface area contributed by atoms with Gasteiger partial charge in [-0.25, -0.2) is 0 Å². The van der Waals surface area contributed by atoms with E-state index in [1.807, 2.05) is 0 Å². The summed E-state index contributed by atoms with van der Waals surface area (Å²) < 4.78 is 0. The van der Waals surface area contributed by atoms with Gasteiger partial charge in [0.1, 0.15) is 0 Å². The minimum absolute atomic E-state index is 0.322. The molecule has 0 spiro atoms. The number of nitrogens with zero attached hydrogens (tertiary/aromatic N) is 1. The first-order valence-electron chi connectivity index (χ1n) is 8.50. The van der Waals surface area contributed by atoms with Crippen LogP contribution in [0.1, 0.15) is 74.1 Å². The summed E-state index contributed by atoms with van der Waals surface area (Å²) in [6, 6.07) is 0.613. The lowest BCUT2D eigenvalue weighted by atomic mass is 9.78. The number of likely N-dealkylation sites (N-methyl/N-ethyl adjacent to an activating group) is 1. The molecule has 0 aliphatic rings. The molecule has 2 heteroatoms. The third-order valence-electron chi connectivity index (χ3n) is 4.61. The summed E-state index contributed by atoms with van der Waals surface area (Å²) in [4.78, 5) is 2.68. The molecule has 1 atom stereocenters. The lowest BCUT2D eigenvalue weighted by Gasteiger charge is -2.49. The van der Waals surface area contributed by atoms with Gasteiger partial charge >= 0.3 is 0 Å². The first-order valence-corrected chi connectivity index (χ1v) is 8.50. The molecule has 1 unspecified atom stereocenters. The molecule has 0 rings (SSSR count). The van der Waals surface area contributed by atoms with Crippen LogP contribution in [-0.4, -0.2) is 36.1 Å². The molecule has 0 aliphatic heterocycles. The maximum atomic E-state index is 3.85. The van der Waals surface area contributed by atoms with Crippen molar-refractivity contribution in [2.45, 2.75) is 85.7 Å². The Kier molecular flexibility index (Phi) is 9.72. The van der Waals surface area contributed by atoms with Gasteiger partial charge in [0, 0.05) is 11.6 Å². The first-order chi connectivity index (χ1) is 9.02. The second-order valence-electron chi connectivity index (χ2n) is 6.12. The van der Waals surface area contributed by atoms with Gasteiger partial charge in [-0.1, -0.05) is 48.5 Å². The van der Waals surface area contributed by atoms with Crippen LogP contribution in [-0.2, 0) is 0 Å². The molecule has 0 bridgehead atoms. The fourth-order valence-corrected chi connectivity index (χ4v) is 3.55. The van der Waals surface area contributed by atoms with Crippen LogP contribution < -0.4 is 5.32 Å². The van der Waals surface area contributed by atoms with Crippen LogP contribution in [0.4, 0.5) is 0 Å². The highest BCUT2D eigenvalue weighted by atomic mass is 15.2. The maximum absolute atomic E-state index is 3.85. The van der Waals surface area contributed by atoms with E-state index >= 15 is 0 Å². The third kappa shape index (κ3) is 5.07. The average Bonchev–Trinajstić information content (AvgIpc) is 2.40. The summed E-state index contributed by atoms with van der Waals surface area (Å²) in [6.07, 6.45) is 4.97. The Bertz CT molecular complexity index is 205. The molecule has 0 saturated carbocycles. The zero-order valence-electron chi connectivity index (χ0n) is 14.6. The van der Waals surface area contributed by atoms with Crippen molar-refractivity contribution in [3.8, 4) is 0 Å². The molecule has 0 heterocycles. The van der Waals surface area contributed by atoms with E-state index in [4.69, 9.17) is 0 Å². The smallest absolute Gasteiger partial charge is 0.0357 e. The van der Waals surface area contributed by atoms with E-state index in [9.17, 15) is 0 Å². The molecule has 0 fully saturated rings. The molecule has 0 radical (unpaired) electrons. The van der Waals surface area contributed by atoms with E-state index in [-0.39, 0.29) is 0 Å². The Balaban J connectivity index is 5.20. The standard InChI is InChI=1S/C17H38N2/c1-8-13-18-16(14-15(6)7)17(9-2,10-3)19(11-4)12-5/h15-16,18H,8-14H2,1-7H3. The Hall–Kier alpha value is -0.0800. The summed E-state index contributed by atoms with van der Waals surface area (Å²) in [5.41, 5.74) is 0.322. The summed E-state index contributed by atoms with van der Waals surface area (Å²) in [7, 11) is 0. The van der Waals surface area contributed by atoms with Crippen molar-refractivity contribution >= 4 is 0 Å². The van der Waals surface area contributed by atoms with Crippen LogP contribution in [0.25, 0.3) is 0 Å². The second kappa shape index (κ2) is 9.77. The largest absolute Gasteiger partial charge is 0.312 e. The Morgan fingerprint density at radius 2 is 1.47 bits per heavy atom. The lowest BCUT2D eigenvalue weighted by molar-refractivity contribution is 0.0416. The van der Waals surface area contributed by atoms with Gasteiger partial charge in [0.25, 0.3) is 0 Å². The van der Waals surface area contributed by atoms with Crippen LogP contribution in [0.3, 0.4) is 0 Å². The van der Waals surface area contributed by atoms with Crippen molar-refractivity contribution in [1.82, 2.24) is 10.2 Å². The van der Waals surface area contributed by atoms with Gasteiger partial charge in [0.2, 0.25) is 0 Å². The van der Waals surface area contributed by atoms with Crippen molar-refractivity contribution in [2.24, 2.45) is 5.92 Å². The molecule has 116 valence electrons. The molecular weight excluding hydrogens is 232 g/mol. The monoisotopic (exact) mass is 270 g/mol. The highest BCUT2D eigenvalue weighted by molar-refractivity contribution is 4.98. The predicted octanol–water partition coefficient (Wildman–Crippen LogP) is 4.30. The van der Waals surface area contributed by atoms with Crippen LogP contribution in [0.15, 0.2) is 0 Å². The van der Waals surface area contributed by atoms with Crippen molar-refractivity contribution in [2.75, 3.05) is 19.6 Å². The highest BCUT2D eigenvalue weighted by Gasteiger charge is 2.39. The first kappa shape index (κ1) is 18.9. The molecule has 0 aromatic rings. The normalized spacial score (nSPS) is 14.4. The van der Waals surface area contributed by atoms with Gasteiger partial charge in [0.05, 0.1) is 0 Å². The second-order valence-corrected chi connectivity index (χ2v) is 6.12. The summed E-state index contributed by atoms with van der Waals surface area (Å²) >= 11 is 0. The molecule has 0 saturated heterocycles. The minimum Gasteiger partial charge on any atom is -0.312 e. The topological polar surface area (TPSA) is 15.3 Å². The van der Waals surface area contributed by atoms with Crippen molar-refractivity contribution in [1.29, 1.82) is 0 Å². The molecular formula is C17H38N2. The van der Waals surface area contributed by atoms with E-state index in [1.54, 1.807) is 0 Å². The molecule has 0 aromatic carbocycles. The molecule has 1 N–H and O–H groups in total. The van der Waals surface area contributed by atoms with Gasteiger partial charge in [0.15, 0.2) is 0 Å². The summed E-state index contributed by atoms with van der Waals surface area (Å²) in [6.45, 7) is 19.7. The highest BCUT2D eigenvalue weighted by Crippen LogP contribution is 2.31. The van der Waals surface area contributed by atoms with Crippen LogP contribution in [0.2, 0.25) is 0 Å². The maximum Gasteiger partial charge on any atom is 0.0357 e. The predicted molar refractivity (Wildman–Crippen MR) is 87.8 cm³/mol. The quantitative estimate of drug-likeness (QED) is 0.602. The molecule has 2 nitrogen and oxygen atoms in total. The van der Waals surface area contributed by atoms with Gasteiger partial charge in [-0.15, -0.1) is 0 Å². The van der Waals surface area contributed by atoms with Gasteiger partial charge in [-0.2, -0.15) is 0 Å². The van der Waals surface area contributed by atoms with Gasteiger partial charge in [-0.3, -0.25) is 4.90 Å². The van der Waals surface area contributed by atoms with E-state index in [2.05, 4.69) is 58.7 Å². The number of hydrogen-bond donors (Lipinski definition) is 1. The SMILES string of the molecule is CCCNC(CC(C)C)C(CC)(CC)N(CC)CC. The van der Waals surface area contributed by atoms with Crippen LogP contribution >= 0.6 is 0 Å². The van der Waals surface area contributed by atoms with Crippen molar-refractivity contribution in [3.63, 3.8) is 0 Å². The zero-order chi connectivity index (χ0) is 14.9. The van der Waals surface area contributed by atoms with Crippen molar-refractivity contribution < 1.29 is 0 Å². The molecule has 0 aliphatic carbocycles. The Labute approximate surface area is 122 Å². The lowest BCUT2D eigenvalue weighted by Crippen LogP contribution is -2.61. The molecule has 0 amide bonds. The fourth-order valence-electron chi connectivity index (χ4n) is 3.55. The van der Waals surface area contributed by atoms with Gasteiger partial charge < -0.3 is 5.32 Å². The van der Waals surface area contributed by atoms with E-state index < -0.39 is 0 Å². The third-order valence-corrected chi connectivity index (χ3v) is 4.61. The average molecular weight is 271 g/mol. The molecule has 19 heavy (non-hydrogen) atoms. The summed E-state index contributed by atoms with van der Waals surface area (Å²) in [5, 5.41) is 3.85. The van der Waals surface area contributed by atoms with Crippen molar-refractivity contribution in [3.05, 3.63) is 0 Å². The number of hydrogen-bond acceptors (Lipinski definition) is 2. The Morgan fingerprint density at radius 1 is 0.947 bits per heavy atom. The minimum atomic E-state index is 0.322. The number of rotatable bonds is 11. The van der Waals surface area contributed by atoms with E-state index in [0.29, 0.717) is 11.6 Å². The van der Waals surface area contributed by atoms with E-state index in [1.165, 1.54) is 25.7 Å². The fraction of sp³-hybridized carbons (Fsp3) is 1.00. The Morgan fingerprint density at radius 3 is 1.79 bits per heavy atom.